The third kappa shape index (κ3) is 2.69. The van der Waals surface area contributed by atoms with Crippen LogP contribution in [0, 0.1) is 17.0 Å². The Balaban J connectivity index is 2.46. The maximum atomic E-state index is 12.1. The van der Waals surface area contributed by atoms with Gasteiger partial charge in [0.25, 0.3) is 15.7 Å². The zero-order valence-corrected chi connectivity index (χ0v) is 11.0. The number of anilines is 2. The molecule has 1 aromatic heterocycles. The van der Waals surface area contributed by atoms with Crippen LogP contribution in [-0.4, -0.2) is 18.5 Å². The first-order chi connectivity index (χ1) is 9.29. The Labute approximate surface area is 113 Å². The Bertz CT molecular complexity index is 768. The summed E-state index contributed by atoms with van der Waals surface area (Å²) in [6.07, 6.45) is 0. The molecule has 0 bridgehead atoms. The molecular formula is C10H10N4O5S. The molecule has 106 valence electrons. The first-order valence-corrected chi connectivity index (χ1v) is 6.78. The molecule has 0 aliphatic rings. The highest BCUT2D eigenvalue weighted by Gasteiger charge is 2.27. The minimum atomic E-state index is -4.17. The van der Waals surface area contributed by atoms with Crippen LogP contribution in [0.2, 0.25) is 0 Å². The average molecular weight is 298 g/mol. The summed E-state index contributed by atoms with van der Waals surface area (Å²) < 4.78 is 31.0. The summed E-state index contributed by atoms with van der Waals surface area (Å²) in [5.41, 5.74) is 5.36. The molecule has 20 heavy (non-hydrogen) atoms. The molecule has 1 heterocycles. The van der Waals surface area contributed by atoms with Gasteiger partial charge in [-0.3, -0.25) is 10.1 Å². The summed E-state index contributed by atoms with van der Waals surface area (Å²) in [5.74, 6) is -0.131. The zero-order chi connectivity index (χ0) is 14.9. The third-order valence-corrected chi connectivity index (χ3v) is 3.73. The van der Waals surface area contributed by atoms with Crippen molar-refractivity contribution in [3.8, 4) is 0 Å². The van der Waals surface area contributed by atoms with Crippen LogP contribution in [0.4, 0.5) is 17.3 Å². The van der Waals surface area contributed by atoms with Gasteiger partial charge in [-0.25, -0.2) is 13.1 Å². The summed E-state index contributed by atoms with van der Waals surface area (Å²) >= 11 is 0. The van der Waals surface area contributed by atoms with Gasteiger partial charge >= 0.3 is 0 Å². The van der Waals surface area contributed by atoms with Crippen LogP contribution < -0.4 is 10.5 Å². The van der Waals surface area contributed by atoms with Gasteiger partial charge in [-0.2, -0.15) is 0 Å². The predicted octanol–water partition coefficient (Wildman–Crippen LogP) is 1.27. The standard InChI is InChI=1S/C10H10N4O5S/c1-6-4-10(19-12-6)13-20(17,18)9-3-2-7(11)5-8(9)14(15)16/h2-5,13H,11H2,1H3. The monoisotopic (exact) mass is 298 g/mol. The Morgan fingerprint density at radius 2 is 2.10 bits per heavy atom. The number of hydrogen-bond donors (Lipinski definition) is 2. The van der Waals surface area contributed by atoms with Crippen molar-refractivity contribution in [3.05, 3.63) is 40.1 Å². The molecule has 1 aromatic carbocycles. The van der Waals surface area contributed by atoms with Crippen molar-refractivity contribution in [2.75, 3.05) is 10.5 Å². The van der Waals surface area contributed by atoms with E-state index in [1.807, 2.05) is 0 Å². The first kappa shape index (κ1) is 13.8. The highest BCUT2D eigenvalue weighted by atomic mass is 32.2. The smallest absolute Gasteiger partial charge is 0.291 e. The van der Waals surface area contributed by atoms with Crippen molar-refractivity contribution in [1.29, 1.82) is 0 Å². The van der Waals surface area contributed by atoms with E-state index < -0.39 is 25.5 Å². The van der Waals surface area contributed by atoms with Crippen LogP contribution in [0.15, 0.2) is 33.7 Å². The second-order valence-electron chi connectivity index (χ2n) is 3.92. The molecule has 0 radical (unpaired) electrons. The van der Waals surface area contributed by atoms with Gasteiger partial charge in [0.05, 0.1) is 10.6 Å². The minimum Gasteiger partial charge on any atom is -0.399 e. The lowest BCUT2D eigenvalue weighted by molar-refractivity contribution is -0.387. The number of nitrogens with zero attached hydrogens (tertiary/aromatic N) is 2. The van der Waals surface area contributed by atoms with Gasteiger partial charge in [0.15, 0.2) is 4.90 Å². The van der Waals surface area contributed by atoms with Crippen LogP contribution in [0.3, 0.4) is 0 Å². The normalized spacial score (nSPS) is 11.2. The lowest BCUT2D eigenvalue weighted by Crippen LogP contribution is -2.14. The molecule has 0 saturated carbocycles. The topological polar surface area (TPSA) is 141 Å². The van der Waals surface area contributed by atoms with Gasteiger partial charge in [0.1, 0.15) is 0 Å². The SMILES string of the molecule is Cc1cc(NS(=O)(=O)c2ccc(N)cc2[N+](=O)[O-])on1. The molecule has 0 atom stereocenters. The molecule has 0 saturated heterocycles. The summed E-state index contributed by atoms with van der Waals surface area (Å²) in [7, 11) is -4.17. The summed E-state index contributed by atoms with van der Waals surface area (Å²) in [5, 5.41) is 14.4. The van der Waals surface area contributed by atoms with Gasteiger partial charge in [-0.1, -0.05) is 5.16 Å². The van der Waals surface area contributed by atoms with E-state index in [4.69, 9.17) is 10.3 Å². The number of aromatic nitrogens is 1. The number of sulfonamides is 1. The fourth-order valence-corrected chi connectivity index (χ4v) is 2.63. The number of benzene rings is 1. The molecular weight excluding hydrogens is 288 g/mol. The summed E-state index contributed by atoms with van der Waals surface area (Å²) in [4.78, 5) is 9.57. The van der Waals surface area contributed by atoms with Crippen LogP contribution in [0.25, 0.3) is 0 Å². The fraction of sp³-hybridized carbons (Fsp3) is 0.100. The largest absolute Gasteiger partial charge is 0.399 e. The quantitative estimate of drug-likeness (QED) is 0.491. The number of nitro benzene ring substituents is 1. The highest BCUT2D eigenvalue weighted by molar-refractivity contribution is 7.92. The Morgan fingerprint density at radius 1 is 1.40 bits per heavy atom. The zero-order valence-electron chi connectivity index (χ0n) is 10.2. The summed E-state index contributed by atoms with van der Waals surface area (Å²) in [6, 6.07) is 4.63. The minimum absolute atomic E-state index is 0.0890. The first-order valence-electron chi connectivity index (χ1n) is 5.29. The molecule has 9 nitrogen and oxygen atoms in total. The van der Waals surface area contributed by atoms with Crippen LogP contribution in [0.5, 0.6) is 0 Å². The molecule has 0 unspecified atom stereocenters. The molecule has 0 spiro atoms. The van der Waals surface area contributed by atoms with Gasteiger partial charge < -0.3 is 10.3 Å². The van der Waals surface area contributed by atoms with Crippen molar-refractivity contribution in [2.45, 2.75) is 11.8 Å². The second kappa shape index (κ2) is 4.81. The van der Waals surface area contributed by atoms with Crippen molar-refractivity contribution in [1.82, 2.24) is 5.16 Å². The molecule has 2 aromatic rings. The Morgan fingerprint density at radius 3 is 2.65 bits per heavy atom. The third-order valence-electron chi connectivity index (χ3n) is 2.33. The van der Waals surface area contributed by atoms with Gasteiger partial charge in [-0.15, -0.1) is 0 Å². The number of rotatable bonds is 4. The van der Waals surface area contributed by atoms with Gasteiger partial charge in [-0.05, 0) is 19.1 Å². The van der Waals surface area contributed by atoms with Crippen molar-refractivity contribution in [3.63, 3.8) is 0 Å². The number of nitrogen functional groups attached to an aromatic ring is 1. The van der Waals surface area contributed by atoms with Crippen molar-refractivity contribution < 1.29 is 17.9 Å². The average Bonchev–Trinajstić information content (AvgIpc) is 2.73. The van der Waals surface area contributed by atoms with E-state index in [1.54, 1.807) is 6.92 Å². The Kier molecular flexibility index (Phi) is 3.32. The molecule has 3 N–H and O–H groups in total. The van der Waals surface area contributed by atoms with E-state index in [1.165, 1.54) is 12.1 Å². The molecule has 0 aliphatic heterocycles. The number of nitrogens with one attached hydrogen (secondary N) is 1. The fourth-order valence-electron chi connectivity index (χ4n) is 1.50. The van der Waals surface area contributed by atoms with E-state index in [9.17, 15) is 18.5 Å². The van der Waals surface area contributed by atoms with E-state index >= 15 is 0 Å². The Hall–Kier alpha value is -2.62. The molecule has 2 rings (SSSR count). The van der Waals surface area contributed by atoms with Crippen LogP contribution in [-0.2, 0) is 10.0 Å². The van der Waals surface area contributed by atoms with Crippen molar-refractivity contribution in [2.24, 2.45) is 0 Å². The number of hydrogen-bond acceptors (Lipinski definition) is 7. The molecule has 0 amide bonds. The van der Waals surface area contributed by atoms with Gasteiger partial charge in [0, 0.05) is 17.8 Å². The molecule has 0 aliphatic carbocycles. The number of aryl methyl sites for hydroxylation is 1. The maximum absolute atomic E-state index is 12.1. The van der Waals surface area contributed by atoms with Crippen LogP contribution in [0.1, 0.15) is 5.69 Å². The van der Waals surface area contributed by atoms with Crippen LogP contribution >= 0.6 is 0 Å². The summed E-state index contributed by atoms with van der Waals surface area (Å²) in [6.45, 7) is 1.60. The highest BCUT2D eigenvalue weighted by Crippen LogP contribution is 2.27. The van der Waals surface area contributed by atoms with E-state index in [2.05, 4.69) is 9.88 Å². The second-order valence-corrected chi connectivity index (χ2v) is 5.57. The lowest BCUT2D eigenvalue weighted by Gasteiger charge is -2.06. The maximum Gasteiger partial charge on any atom is 0.291 e. The van der Waals surface area contributed by atoms with E-state index in [0.717, 1.165) is 12.1 Å². The number of nitrogens with two attached hydrogens (primary N) is 1. The number of nitro groups is 1. The van der Waals surface area contributed by atoms with E-state index in [0.29, 0.717) is 5.69 Å². The predicted molar refractivity (Wildman–Crippen MR) is 69.6 cm³/mol. The molecule has 10 heteroatoms. The van der Waals surface area contributed by atoms with Crippen molar-refractivity contribution >= 4 is 27.3 Å². The molecule has 0 fully saturated rings. The van der Waals surface area contributed by atoms with E-state index in [-0.39, 0.29) is 11.6 Å². The van der Waals surface area contributed by atoms with Gasteiger partial charge in [0.2, 0.25) is 5.88 Å². The lowest BCUT2D eigenvalue weighted by atomic mass is 10.3.